The second-order valence-corrected chi connectivity index (χ2v) is 8.35. The topological polar surface area (TPSA) is 0 Å². The lowest BCUT2D eigenvalue weighted by atomic mass is 9.99. The number of rotatable bonds is 6. The molecule has 0 amide bonds. The van der Waals surface area contributed by atoms with Crippen LogP contribution in [0.25, 0.3) is 0 Å². The average Bonchev–Trinajstić information content (AvgIpc) is 2.95. The molecule has 4 aliphatic carbocycles. The standard InChI is InChI=1S/C25H32/c1(2-4-12-22-16-20-10-6-8-14-24(22)18-20)3-5-13-23-17-21-11-7-9-15-25(23)19-21/h6-15,20-21,24-25H,1-5,16-19H2. The molecule has 0 N–H and O–H groups in total. The van der Waals surface area contributed by atoms with Crippen molar-refractivity contribution in [1.29, 1.82) is 0 Å². The number of fused-ring (bicyclic) bond motifs is 4. The van der Waals surface area contributed by atoms with Crippen LogP contribution >= 0.6 is 0 Å². The molecule has 4 atom stereocenters. The Bertz CT molecular complexity index is 581. The molecule has 0 aromatic carbocycles. The van der Waals surface area contributed by atoms with Gasteiger partial charge in [-0.25, -0.2) is 0 Å². The van der Waals surface area contributed by atoms with E-state index in [1.165, 1.54) is 57.8 Å². The molecule has 4 rings (SSSR count). The molecule has 4 bridgehead atoms. The maximum absolute atomic E-state index is 2.56. The maximum Gasteiger partial charge on any atom is -0.00142 e. The normalized spacial score (nSPS) is 35.7. The lowest BCUT2D eigenvalue weighted by Gasteiger charge is -2.07. The summed E-state index contributed by atoms with van der Waals surface area (Å²) in [5.41, 5.74) is 3.42. The van der Waals surface area contributed by atoms with Gasteiger partial charge in [0.15, 0.2) is 0 Å². The van der Waals surface area contributed by atoms with Gasteiger partial charge in [0, 0.05) is 0 Å². The summed E-state index contributed by atoms with van der Waals surface area (Å²) < 4.78 is 0. The number of hydrogen-bond donors (Lipinski definition) is 0. The van der Waals surface area contributed by atoms with Crippen LogP contribution in [0.1, 0.15) is 57.8 Å². The summed E-state index contributed by atoms with van der Waals surface area (Å²) in [5, 5.41) is 0. The third-order valence-electron chi connectivity index (χ3n) is 6.46. The highest BCUT2D eigenvalue weighted by Crippen LogP contribution is 2.40. The summed E-state index contributed by atoms with van der Waals surface area (Å²) in [5.74, 6) is 3.07. The van der Waals surface area contributed by atoms with Gasteiger partial charge in [-0.2, -0.15) is 0 Å². The molecule has 0 aromatic rings. The molecule has 0 nitrogen and oxygen atoms in total. The summed E-state index contributed by atoms with van der Waals surface area (Å²) in [4.78, 5) is 0. The van der Waals surface area contributed by atoms with Crippen molar-refractivity contribution in [3.05, 3.63) is 71.9 Å². The summed E-state index contributed by atoms with van der Waals surface area (Å²) in [7, 11) is 0. The largest absolute Gasteiger partial charge is 0.0847 e. The van der Waals surface area contributed by atoms with Gasteiger partial charge in [-0.05, 0) is 75.0 Å². The van der Waals surface area contributed by atoms with Gasteiger partial charge < -0.3 is 0 Å². The molecule has 0 aromatic heterocycles. The monoisotopic (exact) mass is 332 g/mol. The lowest BCUT2D eigenvalue weighted by molar-refractivity contribution is 0.650. The van der Waals surface area contributed by atoms with Crippen molar-refractivity contribution >= 4 is 0 Å². The van der Waals surface area contributed by atoms with E-state index < -0.39 is 0 Å². The Labute approximate surface area is 153 Å². The van der Waals surface area contributed by atoms with Gasteiger partial charge in [0.1, 0.15) is 0 Å². The van der Waals surface area contributed by atoms with Gasteiger partial charge in [0.05, 0.1) is 0 Å². The van der Waals surface area contributed by atoms with Crippen LogP contribution in [0.3, 0.4) is 0 Å². The van der Waals surface area contributed by atoms with E-state index in [9.17, 15) is 0 Å². The first-order valence-corrected chi connectivity index (χ1v) is 10.5. The van der Waals surface area contributed by atoms with Crippen molar-refractivity contribution in [2.24, 2.45) is 23.7 Å². The first-order chi connectivity index (χ1) is 12.4. The molecule has 0 spiro atoms. The van der Waals surface area contributed by atoms with Crippen molar-refractivity contribution in [3.8, 4) is 0 Å². The van der Waals surface area contributed by atoms with Crippen molar-refractivity contribution in [3.63, 3.8) is 0 Å². The summed E-state index contributed by atoms with van der Waals surface area (Å²) in [6, 6.07) is 0. The third-order valence-corrected chi connectivity index (χ3v) is 6.46. The lowest BCUT2D eigenvalue weighted by Crippen LogP contribution is -1.92. The molecule has 0 saturated heterocycles. The van der Waals surface area contributed by atoms with Crippen LogP contribution in [0.2, 0.25) is 0 Å². The SMILES string of the molecule is C1=CC2CC(=CCCCCCC=C3CC4C=CC=CC3C4)C(C=C1)C2. The molecule has 0 heteroatoms. The van der Waals surface area contributed by atoms with Crippen molar-refractivity contribution in [2.75, 3.05) is 0 Å². The van der Waals surface area contributed by atoms with Crippen LogP contribution in [-0.4, -0.2) is 0 Å². The molecule has 4 aliphatic rings. The van der Waals surface area contributed by atoms with Crippen LogP contribution in [0.4, 0.5) is 0 Å². The fourth-order valence-corrected chi connectivity index (χ4v) is 5.08. The van der Waals surface area contributed by atoms with E-state index in [0.717, 1.165) is 23.7 Å². The van der Waals surface area contributed by atoms with E-state index in [-0.39, 0.29) is 0 Å². The Hall–Kier alpha value is -1.56. The van der Waals surface area contributed by atoms with Crippen molar-refractivity contribution < 1.29 is 0 Å². The van der Waals surface area contributed by atoms with Gasteiger partial charge in [0.2, 0.25) is 0 Å². The van der Waals surface area contributed by atoms with Crippen LogP contribution in [0.5, 0.6) is 0 Å². The second kappa shape index (κ2) is 8.21. The predicted molar refractivity (Wildman–Crippen MR) is 108 cm³/mol. The molecule has 0 radical (unpaired) electrons. The zero-order chi connectivity index (χ0) is 16.9. The van der Waals surface area contributed by atoms with E-state index in [1.54, 1.807) is 11.1 Å². The van der Waals surface area contributed by atoms with E-state index in [1.807, 2.05) is 0 Å². The Kier molecular flexibility index (Phi) is 5.55. The fraction of sp³-hybridized carbons (Fsp3) is 0.520. The Morgan fingerprint density at radius 1 is 0.640 bits per heavy atom. The zero-order valence-corrected chi connectivity index (χ0v) is 15.4. The van der Waals surface area contributed by atoms with Gasteiger partial charge in [0.25, 0.3) is 0 Å². The predicted octanol–water partition coefficient (Wildman–Crippen LogP) is 7.09. The summed E-state index contributed by atoms with van der Waals surface area (Å²) >= 11 is 0. The molecule has 0 aliphatic heterocycles. The molecule has 25 heavy (non-hydrogen) atoms. The highest BCUT2D eigenvalue weighted by Gasteiger charge is 2.27. The minimum absolute atomic E-state index is 0.734. The molecule has 2 saturated carbocycles. The van der Waals surface area contributed by atoms with Crippen molar-refractivity contribution in [1.82, 2.24) is 0 Å². The molecular formula is C25H32. The zero-order valence-electron chi connectivity index (χ0n) is 15.4. The number of unbranched alkanes of at least 4 members (excludes halogenated alkanes) is 4. The Balaban J connectivity index is 1.15. The highest BCUT2D eigenvalue weighted by atomic mass is 14.3. The third kappa shape index (κ3) is 4.35. The Morgan fingerprint density at radius 3 is 1.64 bits per heavy atom. The van der Waals surface area contributed by atoms with E-state index in [2.05, 4.69) is 60.8 Å². The number of allylic oxidation sites excluding steroid dienone is 12. The van der Waals surface area contributed by atoms with Crippen LogP contribution < -0.4 is 0 Å². The molecule has 4 unspecified atom stereocenters. The van der Waals surface area contributed by atoms with E-state index >= 15 is 0 Å². The van der Waals surface area contributed by atoms with Gasteiger partial charge in [-0.3, -0.25) is 0 Å². The first kappa shape index (κ1) is 16.9. The smallest absolute Gasteiger partial charge is 0.00142 e. The minimum Gasteiger partial charge on any atom is -0.0847 e. The highest BCUT2D eigenvalue weighted by molar-refractivity contribution is 5.27. The maximum atomic E-state index is 2.56. The molecule has 2 fully saturated rings. The average molecular weight is 333 g/mol. The fourth-order valence-electron chi connectivity index (χ4n) is 5.08. The Morgan fingerprint density at radius 2 is 1.12 bits per heavy atom. The molecular weight excluding hydrogens is 300 g/mol. The molecule has 132 valence electrons. The number of hydrogen-bond acceptors (Lipinski definition) is 0. The second-order valence-electron chi connectivity index (χ2n) is 8.35. The van der Waals surface area contributed by atoms with Crippen LogP contribution in [0.15, 0.2) is 71.9 Å². The summed E-state index contributed by atoms with van der Waals surface area (Å²) in [6.07, 6.45) is 35.7. The van der Waals surface area contributed by atoms with Crippen molar-refractivity contribution in [2.45, 2.75) is 57.8 Å². The van der Waals surface area contributed by atoms with Crippen LogP contribution in [-0.2, 0) is 0 Å². The van der Waals surface area contributed by atoms with E-state index in [4.69, 9.17) is 0 Å². The quantitative estimate of drug-likeness (QED) is 0.359. The van der Waals surface area contributed by atoms with Gasteiger partial charge >= 0.3 is 0 Å². The first-order valence-electron chi connectivity index (χ1n) is 10.5. The molecule has 0 heterocycles. The minimum atomic E-state index is 0.734. The van der Waals surface area contributed by atoms with Crippen LogP contribution in [0, 0.1) is 23.7 Å². The summed E-state index contributed by atoms with van der Waals surface area (Å²) in [6.45, 7) is 0. The van der Waals surface area contributed by atoms with Gasteiger partial charge in [-0.1, -0.05) is 78.3 Å². The van der Waals surface area contributed by atoms with Gasteiger partial charge in [-0.15, -0.1) is 0 Å². The van der Waals surface area contributed by atoms with E-state index in [0.29, 0.717) is 0 Å².